The summed E-state index contributed by atoms with van der Waals surface area (Å²) in [5, 5.41) is 0. The molecule has 1 aromatic carbocycles. The van der Waals surface area contributed by atoms with E-state index >= 15 is 5.25 Å². The Bertz CT molecular complexity index is 802. The Hall–Kier alpha value is -0.817. The summed E-state index contributed by atoms with van der Waals surface area (Å²) in [6.45, 7) is 12.0. The molecule has 26 heavy (non-hydrogen) atoms. The molecule has 3 heteroatoms. The van der Waals surface area contributed by atoms with Gasteiger partial charge in [0.15, 0.2) is 0 Å². The minimum atomic E-state index is -5.69. The molecule has 1 aromatic rings. The second kappa shape index (κ2) is 6.97. The molecule has 0 N–H and O–H groups in total. The molecule has 0 nitrogen and oxygen atoms in total. The van der Waals surface area contributed by atoms with Gasteiger partial charge >= 0.3 is 164 Å². The van der Waals surface area contributed by atoms with Crippen LogP contribution in [0.15, 0.2) is 52.1 Å². The molecule has 140 valence electrons. The van der Waals surface area contributed by atoms with E-state index in [2.05, 4.69) is 13.0 Å². The van der Waals surface area contributed by atoms with E-state index < -0.39 is 28.2 Å². The van der Waals surface area contributed by atoms with E-state index in [0.29, 0.717) is 6.42 Å². The van der Waals surface area contributed by atoms with Gasteiger partial charge in [-0.15, -0.1) is 0 Å². The topological polar surface area (TPSA) is 0 Å². The quantitative estimate of drug-likeness (QED) is 0.438. The molecular weight excluding hydrogens is 405 g/mol. The Morgan fingerprint density at radius 2 is 1.54 bits per heavy atom. The summed E-state index contributed by atoms with van der Waals surface area (Å²) in [4.78, 5) is 0. The van der Waals surface area contributed by atoms with Crippen molar-refractivity contribution in [2.45, 2.75) is 67.6 Å². The maximum absolute atomic E-state index is 16.7. The average Bonchev–Trinajstić information content (AvgIpc) is 3.06. The predicted molar refractivity (Wildman–Crippen MR) is 104 cm³/mol. The molecule has 3 rings (SSSR count). The van der Waals surface area contributed by atoms with E-state index in [1.54, 1.807) is 0 Å². The van der Waals surface area contributed by atoms with E-state index in [1.165, 1.54) is 0 Å². The molecular formula is C23H30F2Zr. The predicted octanol–water partition coefficient (Wildman–Crippen LogP) is 8.10. The van der Waals surface area contributed by atoms with Crippen molar-refractivity contribution < 1.29 is 26.7 Å². The molecule has 0 saturated heterocycles. The Balaban J connectivity index is 2.23. The molecule has 0 radical (unpaired) electrons. The van der Waals surface area contributed by atoms with Crippen LogP contribution in [0.1, 0.15) is 75.6 Å². The molecule has 0 fully saturated rings. The van der Waals surface area contributed by atoms with Crippen molar-refractivity contribution in [3.8, 4) is 0 Å². The van der Waals surface area contributed by atoms with E-state index in [9.17, 15) is 0 Å². The molecule has 0 spiro atoms. The third-order valence-corrected chi connectivity index (χ3v) is 16.0. The van der Waals surface area contributed by atoms with Gasteiger partial charge in [0, 0.05) is 0 Å². The van der Waals surface area contributed by atoms with Crippen LogP contribution in [-0.2, 0) is 21.5 Å². The van der Waals surface area contributed by atoms with Gasteiger partial charge in [0.1, 0.15) is 0 Å². The van der Waals surface area contributed by atoms with Crippen molar-refractivity contribution in [3.63, 3.8) is 0 Å². The van der Waals surface area contributed by atoms with Crippen molar-refractivity contribution in [3.05, 3.63) is 63.3 Å². The third-order valence-electron chi connectivity index (χ3n) is 6.99. The summed E-state index contributed by atoms with van der Waals surface area (Å²) in [6, 6.07) is 7.83. The molecule has 2 aliphatic carbocycles. The summed E-state index contributed by atoms with van der Waals surface area (Å²) in [7, 11) is 0. The Morgan fingerprint density at radius 1 is 0.962 bits per heavy atom. The van der Waals surface area contributed by atoms with Crippen LogP contribution in [0.3, 0.4) is 0 Å². The summed E-state index contributed by atoms with van der Waals surface area (Å²) in [5.41, 5.74) is 6.93. The van der Waals surface area contributed by atoms with Crippen molar-refractivity contribution >= 4 is 6.08 Å². The van der Waals surface area contributed by atoms with Gasteiger partial charge in [-0.1, -0.05) is 0 Å². The van der Waals surface area contributed by atoms with Crippen LogP contribution in [0.4, 0.5) is 5.25 Å². The van der Waals surface area contributed by atoms with E-state index in [0.717, 1.165) is 51.8 Å². The van der Waals surface area contributed by atoms with Crippen molar-refractivity contribution in [1.82, 2.24) is 0 Å². The average molecular weight is 436 g/mol. The first-order valence-electron chi connectivity index (χ1n) is 9.77. The molecule has 0 aliphatic heterocycles. The standard InChI is InChI=1S/C12H13.C11H17.2FH.Zr/c1-2-5-10-8-11-6-3-4-7-12(11)9-10;1-6-11-9(4)7(2)8(3)10(11)5;;;/h3-4,6-9H,2,5H2,1H3;6H2,1-5H3;2*1H;/q;;;;+2/p-2. The number of hydrogen-bond donors (Lipinski definition) is 0. The first-order valence-corrected chi connectivity index (χ1v) is 14.3. The molecule has 0 heterocycles. The van der Waals surface area contributed by atoms with Crippen LogP contribution in [-0.4, -0.2) is 0 Å². The fourth-order valence-corrected chi connectivity index (χ4v) is 14.4. The van der Waals surface area contributed by atoms with Gasteiger partial charge in [-0.25, -0.2) is 0 Å². The van der Waals surface area contributed by atoms with Crippen LogP contribution in [0.5, 0.6) is 0 Å². The van der Waals surface area contributed by atoms with Crippen molar-refractivity contribution in [2.24, 2.45) is 0 Å². The first-order chi connectivity index (χ1) is 12.2. The second-order valence-corrected chi connectivity index (χ2v) is 14.5. The molecule has 0 aromatic heterocycles. The fourth-order valence-electron chi connectivity index (χ4n) is 5.32. The number of halogens is 2. The van der Waals surface area contributed by atoms with Gasteiger partial charge < -0.3 is 0 Å². The van der Waals surface area contributed by atoms with Gasteiger partial charge in [0.05, 0.1) is 0 Å². The molecule has 0 amide bonds. The zero-order valence-corrected chi connectivity index (χ0v) is 19.3. The number of hydrogen-bond acceptors (Lipinski definition) is 0. The van der Waals surface area contributed by atoms with Gasteiger partial charge in [-0.3, -0.25) is 0 Å². The number of benzene rings is 1. The minimum absolute atomic E-state index is 0.514. The molecule has 0 bridgehead atoms. The molecule has 2 aliphatic rings. The van der Waals surface area contributed by atoms with Crippen LogP contribution < -0.4 is 0 Å². The van der Waals surface area contributed by atoms with Crippen LogP contribution in [0.2, 0.25) is 3.12 Å². The Kier molecular flexibility index (Phi) is 5.34. The molecule has 0 saturated carbocycles. The zero-order chi connectivity index (χ0) is 19.3. The van der Waals surface area contributed by atoms with Crippen LogP contribution in [0.25, 0.3) is 6.08 Å². The molecule has 1 unspecified atom stereocenters. The normalized spacial score (nSPS) is 22.2. The first kappa shape index (κ1) is 19.9. The summed E-state index contributed by atoms with van der Waals surface area (Å²) >= 11 is -5.69. The van der Waals surface area contributed by atoms with E-state index in [1.807, 2.05) is 58.9 Å². The van der Waals surface area contributed by atoms with Gasteiger partial charge in [-0.05, 0) is 0 Å². The van der Waals surface area contributed by atoms with Crippen molar-refractivity contribution in [2.75, 3.05) is 0 Å². The summed E-state index contributed by atoms with van der Waals surface area (Å²) in [5.74, 6) is 0. The van der Waals surface area contributed by atoms with Crippen LogP contribution >= 0.6 is 0 Å². The van der Waals surface area contributed by atoms with E-state index in [4.69, 9.17) is 0 Å². The van der Waals surface area contributed by atoms with Crippen LogP contribution in [0, 0.1) is 0 Å². The Labute approximate surface area is 163 Å². The summed E-state index contributed by atoms with van der Waals surface area (Å²) < 4.78 is 31.8. The SMILES string of the molecule is CCCC1=Cc2ccccc2[CH]1[Zr]([F])([F])[C]1(CC)C(C)=C(C)C(C)=C1C. The molecule has 1 atom stereocenters. The number of rotatable bonds is 5. The van der Waals surface area contributed by atoms with E-state index in [-0.39, 0.29) is 0 Å². The number of fused-ring (bicyclic) bond motifs is 1. The maximum atomic E-state index is 16.7. The summed E-state index contributed by atoms with van der Waals surface area (Å²) in [6.07, 6.45) is 4.26. The second-order valence-electron chi connectivity index (χ2n) is 7.91. The fraction of sp³-hybridized carbons (Fsp3) is 0.478. The monoisotopic (exact) mass is 434 g/mol. The van der Waals surface area contributed by atoms with Crippen molar-refractivity contribution in [1.29, 1.82) is 0 Å². The Morgan fingerprint density at radius 3 is 2.08 bits per heavy atom. The van der Waals surface area contributed by atoms with Gasteiger partial charge in [-0.2, -0.15) is 0 Å². The zero-order valence-electron chi connectivity index (χ0n) is 16.8. The van der Waals surface area contributed by atoms with Gasteiger partial charge in [0.2, 0.25) is 0 Å². The number of allylic oxidation sites excluding steroid dienone is 5. The third kappa shape index (κ3) is 2.53. The van der Waals surface area contributed by atoms with Gasteiger partial charge in [0.25, 0.3) is 0 Å².